The van der Waals surface area contributed by atoms with Gasteiger partial charge in [-0.1, -0.05) is 32.9 Å². The molecule has 0 aliphatic heterocycles. The van der Waals surface area contributed by atoms with Gasteiger partial charge in [0.2, 0.25) is 0 Å². The zero-order valence-corrected chi connectivity index (χ0v) is 8.64. The number of hydrogen-bond acceptors (Lipinski definition) is 0. The molecule has 0 fully saturated rings. The minimum absolute atomic E-state index is 0.0167. The van der Waals surface area contributed by atoms with Crippen LogP contribution in [-0.4, -0.2) is 0 Å². The van der Waals surface area contributed by atoms with Gasteiger partial charge in [-0.05, 0) is 23.1 Å². The molecule has 1 rings (SSSR count). The fourth-order valence-electron chi connectivity index (χ4n) is 1.02. The highest BCUT2D eigenvalue weighted by Gasteiger charge is 2.04. The summed E-state index contributed by atoms with van der Waals surface area (Å²) in [5.74, 6) is -1.09. The van der Waals surface area contributed by atoms with Crippen LogP contribution < -0.4 is 0 Å². The first-order valence-corrected chi connectivity index (χ1v) is 4.52. The maximum Gasteiger partial charge on any atom is 0.126 e. The first kappa shape index (κ1) is 10.9. The van der Waals surface area contributed by atoms with Gasteiger partial charge in [0.1, 0.15) is 11.6 Å². The van der Waals surface area contributed by atoms with Crippen LogP contribution in [0.4, 0.5) is 8.78 Å². The van der Waals surface area contributed by atoms with Gasteiger partial charge in [-0.25, -0.2) is 8.78 Å². The minimum Gasteiger partial charge on any atom is -0.207 e. The summed E-state index contributed by atoms with van der Waals surface area (Å²) in [5, 5.41) is 0. The van der Waals surface area contributed by atoms with Gasteiger partial charge in [-0.15, -0.1) is 0 Å². The Hall–Kier alpha value is -1.18. The third-order valence-corrected chi connectivity index (χ3v) is 1.66. The van der Waals surface area contributed by atoms with Crippen LogP contribution in [0.15, 0.2) is 24.3 Å². The maximum absolute atomic E-state index is 12.8. The fourth-order valence-corrected chi connectivity index (χ4v) is 1.02. The van der Waals surface area contributed by atoms with Crippen molar-refractivity contribution >= 4 is 6.08 Å². The minimum atomic E-state index is -0.543. The molecular formula is C12H14F2. The van der Waals surface area contributed by atoms with Crippen molar-refractivity contribution in [2.75, 3.05) is 0 Å². The SMILES string of the molecule is CC(C)(C)/C=C/c1cc(F)cc(F)c1. The fraction of sp³-hybridized carbons (Fsp3) is 0.333. The lowest BCUT2D eigenvalue weighted by Gasteiger charge is -2.10. The molecule has 0 aliphatic rings. The molecule has 0 saturated carbocycles. The average molecular weight is 196 g/mol. The molecule has 0 N–H and O–H groups in total. The van der Waals surface area contributed by atoms with Crippen molar-refractivity contribution in [3.8, 4) is 0 Å². The van der Waals surface area contributed by atoms with E-state index in [0.29, 0.717) is 5.56 Å². The van der Waals surface area contributed by atoms with Crippen LogP contribution in [0.2, 0.25) is 0 Å². The Morgan fingerprint density at radius 3 is 1.93 bits per heavy atom. The lowest BCUT2D eigenvalue weighted by atomic mass is 9.95. The van der Waals surface area contributed by atoms with E-state index in [1.165, 1.54) is 12.1 Å². The Morgan fingerprint density at radius 2 is 1.50 bits per heavy atom. The van der Waals surface area contributed by atoms with Gasteiger partial charge in [-0.2, -0.15) is 0 Å². The first-order valence-electron chi connectivity index (χ1n) is 4.52. The molecule has 0 saturated heterocycles. The molecule has 0 nitrogen and oxygen atoms in total. The van der Waals surface area contributed by atoms with Crippen molar-refractivity contribution in [1.82, 2.24) is 0 Å². The molecular weight excluding hydrogens is 182 g/mol. The van der Waals surface area contributed by atoms with E-state index >= 15 is 0 Å². The van der Waals surface area contributed by atoms with Crippen molar-refractivity contribution < 1.29 is 8.78 Å². The summed E-state index contributed by atoms with van der Waals surface area (Å²) in [6.07, 6.45) is 3.65. The van der Waals surface area contributed by atoms with Gasteiger partial charge in [0.05, 0.1) is 0 Å². The molecule has 0 amide bonds. The molecule has 2 heteroatoms. The molecule has 1 aromatic carbocycles. The van der Waals surface area contributed by atoms with Crippen LogP contribution in [0.5, 0.6) is 0 Å². The molecule has 1 aromatic rings. The first-order chi connectivity index (χ1) is 6.37. The second-order valence-electron chi connectivity index (χ2n) is 4.40. The second-order valence-corrected chi connectivity index (χ2v) is 4.40. The van der Waals surface area contributed by atoms with Crippen LogP contribution in [0, 0.1) is 17.0 Å². The quantitative estimate of drug-likeness (QED) is 0.636. The van der Waals surface area contributed by atoms with Crippen LogP contribution >= 0.6 is 0 Å². The molecule has 0 heterocycles. The van der Waals surface area contributed by atoms with Gasteiger partial charge >= 0.3 is 0 Å². The summed E-state index contributed by atoms with van der Waals surface area (Å²) >= 11 is 0. The summed E-state index contributed by atoms with van der Waals surface area (Å²) < 4.78 is 25.5. The summed E-state index contributed by atoms with van der Waals surface area (Å²) in [6, 6.07) is 3.49. The smallest absolute Gasteiger partial charge is 0.126 e. The Kier molecular flexibility index (Phi) is 3.04. The predicted molar refractivity (Wildman–Crippen MR) is 54.8 cm³/mol. The third kappa shape index (κ3) is 3.69. The Morgan fingerprint density at radius 1 is 1.00 bits per heavy atom. The van der Waals surface area contributed by atoms with Gasteiger partial charge in [0.15, 0.2) is 0 Å². The van der Waals surface area contributed by atoms with Crippen LogP contribution in [-0.2, 0) is 0 Å². The highest BCUT2D eigenvalue weighted by atomic mass is 19.1. The largest absolute Gasteiger partial charge is 0.207 e. The average Bonchev–Trinajstić information content (AvgIpc) is 1.97. The van der Waals surface area contributed by atoms with E-state index in [0.717, 1.165) is 6.07 Å². The van der Waals surface area contributed by atoms with Gasteiger partial charge < -0.3 is 0 Å². The second kappa shape index (κ2) is 3.91. The van der Waals surface area contributed by atoms with Crippen molar-refractivity contribution in [2.24, 2.45) is 5.41 Å². The molecule has 0 unspecified atom stereocenters. The van der Waals surface area contributed by atoms with E-state index in [2.05, 4.69) is 0 Å². The highest BCUT2D eigenvalue weighted by Crippen LogP contribution is 2.18. The standard InChI is InChI=1S/C12H14F2/c1-12(2,3)5-4-9-6-10(13)8-11(14)7-9/h4-8H,1-3H3/b5-4+. The van der Waals surface area contributed by atoms with Crippen molar-refractivity contribution in [3.63, 3.8) is 0 Å². The van der Waals surface area contributed by atoms with Crippen molar-refractivity contribution in [1.29, 1.82) is 0 Å². The monoisotopic (exact) mass is 196 g/mol. The van der Waals surface area contributed by atoms with E-state index in [-0.39, 0.29) is 5.41 Å². The number of rotatable bonds is 1. The molecule has 14 heavy (non-hydrogen) atoms. The molecule has 0 radical (unpaired) electrons. The molecule has 0 atom stereocenters. The molecule has 0 aliphatic carbocycles. The number of hydrogen-bond donors (Lipinski definition) is 0. The summed E-state index contributed by atoms with van der Waals surface area (Å²) in [5.41, 5.74) is 0.570. The number of benzene rings is 1. The highest BCUT2D eigenvalue weighted by molar-refractivity contribution is 5.49. The molecule has 0 aromatic heterocycles. The predicted octanol–water partition coefficient (Wildman–Crippen LogP) is 4.02. The summed E-state index contributed by atoms with van der Waals surface area (Å²) in [6.45, 7) is 6.08. The summed E-state index contributed by atoms with van der Waals surface area (Å²) in [4.78, 5) is 0. The Labute approximate surface area is 83.3 Å². The zero-order chi connectivity index (χ0) is 10.8. The van der Waals surface area contributed by atoms with E-state index < -0.39 is 11.6 Å². The maximum atomic E-state index is 12.8. The Bertz CT molecular complexity index is 326. The lowest BCUT2D eigenvalue weighted by Crippen LogP contribution is -1.98. The van der Waals surface area contributed by atoms with E-state index in [9.17, 15) is 8.78 Å². The Balaban J connectivity index is 2.92. The van der Waals surface area contributed by atoms with Crippen molar-refractivity contribution in [3.05, 3.63) is 41.5 Å². The summed E-state index contributed by atoms with van der Waals surface area (Å²) in [7, 11) is 0. The van der Waals surface area contributed by atoms with Crippen LogP contribution in [0.25, 0.3) is 6.08 Å². The number of allylic oxidation sites excluding steroid dienone is 1. The molecule has 0 bridgehead atoms. The topological polar surface area (TPSA) is 0 Å². The zero-order valence-electron chi connectivity index (χ0n) is 8.64. The molecule has 0 spiro atoms. The lowest BCUT2D eigenvalue weighted by molar-refractivity contribution is 0.547. The van der Waals surface area contributed by atoms with E-state index in [1.807, 2.05) is 26.8 Å². The van der Waals surface area contributed by atoms with Crippen LogP contribution in [0.1, 0.15) is 26.3 Å². The third-order valence-electron chi connectivity index (χ3n) is 1.66. The molecule has 76 valence electrons. The number of halogens is 2. The van der Waals surface area contributed by atoms with Gasteiger partial charge in [-0.3, -0.25) is 0 Å². The van der Waals surface area contributed by atoms with Gasteiger partial charge in [0, 0.05) is 6.07 Å². The van der Waals surface area contributed by atoms with Crippen molar-refractivity contribution in [2.45, 2.75) is 20.8 Å². The normalized spacial score (nSPS) is 12.4. The van der Waals surface area contributed by atoms with E-state index in [1.54, 1.807) is 6.08 Å². The van der Waals surface area contributed by atoms with Gasteiger partial charge in [0.25, 0.3) is 0 Å². The van der Waals surface area contributed by atoms with Crippen LogP contribution in [0.3, 0.4) is 0 Å². The van der Waals surface area contributed by atoms with E-state index in [4.69, 9.17) is 0 Å².